The van der Waals surface area contributed by atoms with E-state index in [0.717, 1.165) is 73.4 Å². The maximum Gasteiger partial charge on any atom is 0.233 e. The molecule has 1 heterocycles. The van der Waals surface area contributed by atoms with Gasteiger partial charge in [-0.1, -0.05) is 156 Å². The number of nitrogens with zero attached hydrogens (tertiary/aromatic N) is 3. The molecule has 0 radical (unpaired) electrons. The first-order valence-corrected chi connectivity index (χ1v) is 23.9. The predicted molar refractivity (Wildman–Crippen MR) is 253 cm³/mol. The molecule has 9 heteroatoms. The van der Waals surface area contributed by atoms with E-state index >= 15 is 0 Å². The first kappa shape index (κ1) is 48.1. The zero-order valence-electron chi connectivity index (χ0n) is 37.6. The van der Waals surface area contributed by atoms with Crippen LogP contribution in [0.2, 0.25) is 0 Å². The molecule has 3 aromatic carbocycles. The van der Waals surface area contributed by atoms with Gasteiger partial charge in [0.05, 0.1) is 19.8 Å². The standard InChI is InChI=1S/C51H78N6O3/c1-4-7-10-13-16-19-22-25-40-58-46-34-28-43(29-35-46)52-49-55-50(53-44-30-36-47(37-31-44)59-41-26-23-20-17-14-11-8-5-2)57-51(56-49)54-45-32-38-48(39-33-45)60-42-27-24-21-18-15-12-9-6-3/h28-39H,4-27,40-42H2,1-3H3,(H3,52,53,54,55,56,57). The van der Waals surface area contributed by atoms with Crippen LogP contribution in [0.3, 0.4) is 0 Å². The summed E-state index contributed by atoms with van der Waals surface area (Å²) in [5, 5.41) is 10.1. The van der Waals surface area contributed by atoms with Gasteiger partial charge in [-0.25, -0.2) is 0 Å². The Kier molecular flexibility index (Phi) is 25.2. The number of hydrogen-bond donors (Lipinski definition) is 3. The second kappa shape index (κ2) is 31.4. The van der Waals surface area contributed by atoms with Crippen LogP contribution in [0.5, 0.6) is 17.2 Å². The predicted octanol–water partition coefficient (Wildman–Crippen LogP) is 15.7. The SMILES string of the molecule is CCCCCCCCCCOc1ccc(Nc2nc(Nc3ccc(OCCCCCCCCCC)cc3)nc(Nc3ccc(OCCCCCCCCCC)cc3)n2)cc1. The maximum atomic E-state index is 6.04. The summed E-state index contributed by atoms with van der Waals surface area (Å²) in [7, 11) is 0. The summed E-state index contributed by atoms with van der Waals surface area (Å²) < 4.78 is 18.1. The summed E-state index contributed by atoms with van der Waals surface area (Å²) in [6.45, 7) is 9.00. The van der Waals surface area contributed by atoms with Gasteiger partial charge in [-0.15, -0.1) is 0 Å². The van der Waals surface area contributed by atoms with Crippen molar-refractivity contribution in [1.82, 2.24) is 15.0 Å². The van der Waals surface area contributed by atoms with Crippen molar-refractivity contribution in [3.05, 3.63) is 72.8 Å². The van der Waals surface area contributed by atoms with Gasteiger partial charge in [0.25, 0.3) is 0 Å². The highest BCUT2D eigenvalue weighted by atomic mass is 16.5. The quantitative estimate of drug-likeness (QED) is 0.0387. The van der Waals surface area contributed by atoms with Crippen LogP contribution in [-0.2, 0) is 0 Å². The largest absolute Gasteiger partial charge is 0.494 e. The lowest BCUT2D eigenvalue weighted by molar-refractivity contribution is 0.304. The van der Waals surface area contributed by atoms with Crippen molar-refractivity contribution in [2.45, 2.75) is 175 Å². The average Bonchev–Trinajstić information content (AvgIpc) is 3.26. The van der Waals surface area contributed by atoms with E-state index in [1.165, 1.54) is 135 Å². The van der Waals surface area contributed by atoms with E-state index in [0.29, 0.717) is 17.8 Å². The monoisotopic (exact) mass is 823 g/mol. The van der Waals surface area contributed by atoms with Gasteiger partial charge >= 0.3 is 0 Å². The fraction of sp³-hybridized carbons (Fsp3) is 0.588. The number of ether oxygens (including phenoxy) is 3. The van der Waals surface area contributed by atoms with Crippen LogP contribution < -0.4 is 30.2 Å². The van der Waals surface area contributed by atoms with Gasteiger partial charge in [-0.2, -0.15) is 15.0 Å². The third-order valence-corrected chi connectivity index (χ3v) is 10.8. The van der Waals surface area contributed by atoms with Crippen molar-refractivity contribution in [3.63, 3.8) is 0 Å². The van der Waals surface area contributed by atoms with E-state index in [-0.39, 0.29) is 0 Å². The van der Waals surface area contributed by atoms with Crippen molar-refractivity contribution in [2.24, 2.45) is 0 Å². The van der Waals surface area contributed by atoms with E-state index in [1.807, 2.05) is 72.8 Å². The highest BCUT2D eigenvalue weighted by Crippen LogP contribution is 2.25. The molecule has 0 bridgehead atoms. The van der Waals surface area contributed by atoms with E-state index < -0.39 is 0 Å². The second-order valence-corrected chi connectivity index (χ2v) is 16.2. The number of anilines is 6. The summed E-state index contributed by atoms with van der Waals surface area (Å²) in [6, 6.07) is 23.9. The summed E-state index contributed by atoms with van der Waals surface area (Å²) in [5.74, 6) is 3.83. The minimum atomic E-state index is 0.415. The van der Waals surface area contributed by atoms with Gasteiger partial charge in [-0.05, 0) is 92.1 Å². The molecule has 0 fully saturated rings. The Morgan fingerprint density at radius 3 is 0.750 bits per heavy atom. The van der Waals surface area contributed by atoms with Crippen molar-refractivity contribution in [1.29, 1.82) is 0 Å². The number of rotatable bonds is 36. The molecule has 0 aliphatic heterocycles. The molecule has 9 nitrogen and oxygen atoms in total. The van der Waals surface area contributed by atoms with Crippen LogP contribution in [-0.4, -0.2) is 34.8 Å². The van der Waals surface area contributed by atoms with Crippen LogP contribution in [0, 0.1) is 0 Å². The molecule has 0 saturated carbocycles. The summed E-state index contributed by atoms with van der Waals surface area (Å²) in [6.07, 6.45) is 30.8. The Morgan fingerprint density at radius 1 is 0.300 bits per heavy atom. The Labute approximate surface area is 363 Å². The molecular weight excluding hydrogens is 745 g/mol. The van der Waals surface area contributed by atoms with Crippen LogP contribution in [0.1, 0.15) is 175 Å². The molecule has 0 aliphatic rings. The summed E-state index contributed by atoms with van der Waals surface area (Å²) in [4.78, 5) is 14.2. The van der Waals surface area contributed by atoms with Crippen LogP contribution in [0.4, 0.5) is 34.9 Å². The molecular formula is C51H78N6O3. The molecule has 0 spiro atoms. The highest BCUT2D eigenvalue weighted by molar-refractivity contribution is 5.62. The molecule has 1 aromatic heterocycles. The Balaban J connectivity index is 1.31. The lowest BCUT2D eigenvalue weighted by Crippen LogP contribution is -2.07. The lowest BCUT2D eigenvalue weighted by Gasteiger charge is -2.13. The minimum absolute atomic E-state index is 0.415. The fourth-order valence-electron chi connectivity index (χ4n) is 7.11. The van der Waals surface area contributed by atoms with Crippen LogP contribution in [0.15, 0.2) is 72.8 Å². The second-order valence-electron chi connectivity index (χ2n) is 16.2. The van der Waals surface area contributed by atoms with Gasteiger partial charge in [0, 0.05) is 17.1 Å². The van der Waals surface area contributed by atoms with Crippen molar-refractivity contribution < 1.29 is 14.2 Å². The normalized spacial score (nSPS) is 11.1. The van der Waals surface area contributed by atoms with Gasteiger partial charge < -0.3 is 30.2 Å². The topological polar surface area (TPSA) is 102 Å². The van der Waals surface area contributed by atoms with Crippen molar-refractivity contribution >= 4 is 34.9 Å². The Morgan fingerprint density at radius 2 is 0.517 bits per heavy atom. The van der Waals surface area contributed by atoms with Crippen LogP contribution in [0.25, 0.3) is 0 Å². The van der Waals surface area contributed by atoms with Crippen molar-refractivity contribution in [3.8, 4) is 17.2 Å². The van der Waals surface area contributed by atoms with Gasteiger partial charge in [-0.3, -0.25) is 0 Å². The molecule has 60 heavy (non-hydrogen) atoms. The smallest absolute Gasteiger partial charge is 0.233 e. The highest BCUT2D eigenvalue weighted by Gasteiger charge is 2.10. The zero-order chi connectivity index (χ0) is 42.1. The van der Waals surface area contributed by atoms with E-state index in [1.54, 1.807) is 0 Å². The zero-order valence-corrected chi connectivity index (χ0v) is 37.6. The summed E-state index contributed by atoms with van der Waals surface area (Å²) in [5.41, 5.74) is 2.57. The van der Waals surface area contributed by atoms with E-state index in [2.05, 4.69) is 36.7 Å². The minimum Gasteiger partial charge on any atom is -0.494 e. The molecule has 3 N–H and O–H groups in total. The molecule has 0 unspecified atom stereocenters. The van der Waals surface area contributed by atoms with E-state index in [4.69, 9.17) is 29.2 Å². The Hall–Kier alpha value is -4.53. The summed E-state index contributed by atoms with van der Waals surface area (Å²) >= 11 is 0. The van der Waals surface area contributed by atoms with Gasteiger partial charge in [0.2, 0.25) is 17.8 Å². The molecule has 0 saturated heterocycles. The van der Waals surface area contributed by atoms with Crippen molar-refractivity contribution in [2.75, 3.05) is 35.8 Å². The fourth-order valence-corrected chi connectivity index (χ4v) is 7.11. The third-order valence-electron chi connectivity index (χ3n) is 10.8. The average molecular weight is 823 g/mol. The first-order chi connectivity index (χ1) is 29.6. The first-order valence-electron chi connectivity index (χ1n) is 23.9. The van der Waals surface area contributed by atoms with Gasteiger partial charge in [0.15, 0.2) is 0 Å². The molecule has 0 aliphatic carbocycles. The molecule has 330 valence electrons. The van der Waals surface area contributed by atoms with Crippen LogP contribution >= 0.6 is 0 Å². The molecule has 0 amide bonds. The molecule has 4 aromatic rings. The number of benzene rings is 3. The molecule has 4 rings (SSSR count). The third kappa shape index (κ3) is 21.6. The van der Waals surface area contributed by atoms with E-state index in [9.17, 15) is 0 Å². The Bertz CT molecular complexity index is 1430. The number of unbranched alkanes of at least 4 members (excludes halogenated alkanes) is 21. The molecule has 0 atom stereocenters. The lowest BCUT2D eigenvalue weighted by atomic mass is 10.1. The number of nitrogens with one attached hydrogen (secondary N) is 3. The number of hydrogen-bond acceptors (Lipinski definition) is 9. The van der Waals surface area contributed by atoms with Gasteiger partial charge in [0.1, 0.15) is 17.2 Å². The maximum absolute atomic E-state index is 6.04. The number of aromatic nitrogens is 3.